The number of ether oxygens (including phenoxy) is 1. The quantitative estimate of drug-likeness (QED) is 0.375. The Balaban J connectivity index is 1.67. The molecule has 0 spiro atoms. The molecule has 27 heavy (non-hydrogen) atoms. The van der Waals surface area contributed by atoms with E-state index in [-0.39, 0.29) is 0 Å². The SMILES string of the molecule is C=CCCc1ccc(-c2ccc(C#Cc3ccc(OCC)cc3)cc2)cc1. The van der Waals surface area contributed by atoms with Crippen LogP contribution in [-0.2, 0) is 6.42 Å². The maximum atomic E-state index is 5.45. The summed E-state index contributed by atoms with van der Waals surface area (Å²) in [5.74, 6) is 7.30. The molecule has 0 aliphatic heterocycles. The first-order chi connectivity index (χ1) is 13.3. The van der Waals surface area contributed by atoms with Gasteiger partial charge in [-0.3, -0.25) is 0 Å². The van der Waals surface area contributed by atoms with Crippen LogP contribution in [0, 0.1) is 11.8 Å². The summed E-state index contributed by atoms with van der Waals surface area (Å²) >= 11 is 0. The summed E-state index contributed by atoms with van der Waals surface area (Å²) in [6.07, 6.45) is 4.02. The molecule has 0 atom stereocenters. The van der Waals surface area contributed by atoms with Crippen LogP contribution < -0.4 is 4.74 Å². The van der Waals surface area contributed by atoms with Gasteiger partial charge in [-0.25, -0.2) is 0 Å². The molecule has 0 fully saturated rings. The second-order valence-electron chi connectivity index (χ2n) is 6.31. The van der Waals surface area contributed by atoms with Crippen LogP contribution >= 0.6 is 0 Å². The third-order valence-electron chi connectivity index (χ3n) is 4.33. The van der Waals surface area contributed by atoms with Crippen LogP contribution in [0.2, 0.25) is 0 Å². The number of benzene rings is 3. The molecule has 0 N–H and O–H groups in total. The zero-order chi connectivity index (χ0) is 18.9. The largest absolute Gasteiger partial charge is 0.494 e. The molecule has 0 aliphatic rings. The molecular formula is C26H24O. The lowest BCUT2D eigenvalue weighted by atomic mass is 10.0. The maximum absolute atomic E-state index is 5.45. The van der Waals surface area contributed by atoms with E-state index in [9.17, 15) is 0 Å². The first kappa shape index (κ1) is 18.5. The van der Waals surface area contributed by atoms with Gasteiger partial charge in [-0.15, -0.1) is 6.58 Å². The normalized spacial score (nSPS) is 9.96. The third-order valence-corrected chi connectivity index (χ3v) is 4.33. The first-order valence-corrected chi connectivity index (χ1v) is 9.33. The molecule has 0 saturated heterocycles. The van der Waals surface area contributed by atoms with Crippen molar-refractivity contribution < 1.29 is 4.74 Å². The van der Waals surface area contributed by atoms with Gasteiger partial charge in [-0.2, -0.15) is 0 Å². The van der Waals surface area contributed by atoms with Gasteiger partial charge < -0.3 is 4.74 Å². The number of hydrogen-bond donors (Lipinski definition) is 0. The molecule has 0 radical (unpaired) electrons. The highest BCUT2D eigenvalue weighted by Gasteiger charge is 1.99. The minimum absolute atomic E-state index is 0.676. The molecule has 134 valence electrons. The zero-order valence-electron chi connectivity index (χ0n) is 15.7. The standard InChI is InChI=1S/C26H24O/c1-3-5-6-21-9-15-24(16-10-21)25-17-11-22(12-18-25)7-8-23-13-19-26(20-14-23)27-4-2/h3,9-20H,1,4-6H2,2H3. The number of rotatable bonds is 6. The van der Waals surface area contributed by atoms with Crippen molar-refractivity contribution in [2.45, 2.75) is 19.8 Å². The van der Waals surface area contributed by atoms with Crippen LogP contribution in [0.4, 0.5) is 0 Å². The molecule has 0 bridgehead atoms. The topological polar surface area (TPSA) is 9.23 Å². The molecule has 3 aromatic carbocycles. The van der Waals surface area contributed by atoms with E-state index >= 15 is 0 Å². The summed E-state index contributed by atoms with van der Waals surface area (Å²) in [5.41, 5.74) is 5.77. The third kappa shape index (κ3) is 5.36. The minimum Gasteiger partial charge on any atom is -0.494 e. The van der Waals surface area contributed by atoms with E-state index in [1.54, 1.807) is 0 Å². The van der Waals surface area contributed by atoms with E-state index in [2.05, 4.69) is 67.0 Å². The first-order valence-electron chi connectivity index (χ1n) is 9.33. The molecule has 1 nitrogen and oxygen atoms in total. The summed E-state index contributed by atoms with van der Waals surface area (Å²) in [6, 6.07) is 25.0. The fraction of sp³-hybridized carbons (Fsp3) is 0.154. The van der Waals surface area contributed by atoms with Crippen molar-refractivity contribution in [2.75, 3.05) is 6.61 Å². The number of aryl methyl sites for hydroxylation is 1. The highest BCUT2D eigenvalue weighted by atomic mass is 16.5. The maximum Gasteiger partial charge on any atom is 0.119 e. The lowest BCUT2D eigenvalue weighted by molar-refractivity contribution is 0.340. The summed E-state index contributed by atoms with van der Waals surface area (Å²) in [5, 5.41) is 0. The molecule has 0 saturated carbocycles. The second-order valence-corrected chi connectivity index (χ2v) is 6.31. The molecule has 1 heteroatoms. The highest BCUT2D eigenvalue weighted by Crippen LogP contribution is 2.21. The Morgan fingerprint density at radius 3 is 1.81 bits per heavy atom. The molecule has 0 aliphatic carbocycles. The van der Waals surface area contributed by atoms with Crippen LogP contribution in [0.25, 0.3) is 11.1 Å². The molecule has 3 aromatic rings. The van der Waals surface area contributed by atoms with Crippen LogP contribution in [0.5, 0.6) is 5.75 Å². The van der Waals surface area contributed by atoms with E-state index in [1.807, 2.05) is 37.3 Å². The fourth-order valence-corrected chi connectivity index (χ4v) is 2.82. The van der Waals surface area contributed by atoms with Crippen molar-refractivity contribution >= 4 is 0 Å². The van der Waals surface area contributed by atoms with E-state index in [0.29, 0.717) is 6.61 Å². The smallest absolute Gasteiger partial charge is 0.119 e. The van der Waals surface area contributed by atoms with E-state index in [0.717, 1.165) is 29.7 Å². The molecule has 0 heterocycles. The van der Waals surface area contributed by atoms with E-state index in [1.165, 1.54) is 16.7 Å². The Morgan fingerprint density at radius 2 is 1.30 bits per heavy atom. The molecule has 0 amide bonds. The fourth-order valence-electron chi connectivity index (χ4n) is 2.82. The highest BCUT2D eigenvalue weighted by molar-refractivity contribution is 5.64. The van der Waals surface area contributed by atoms with Gasteiger partial charge >= 0.3 is 0 Å². The second kappa shape index (κ2) is 9.46. The minimum atomic E-state index is 0.676. The van der Waals surface area contributed by atoms with Gasteiger partial charge in [-0.1, -0.05) is 54.3 Å². The molecule has 0 unspecified atom stereocenters. The lowest BCUT2D eigenvalue weighted by Gasteiger charge is -2.04. The van der Waals surface area contributed by atoms with Crippen LogP contribution in [0.15, 0.2) is 85.5 Å². The van der Waals surface area contributed by atoms with Gasteiger partial charge in [-0.05, 0) is 72.9 Å². The Labute approximate surface area is 162 Å². The van der Waals surface area contributed by atoms with Crippen molar-refractivity contribution in [1.82, 2.24) is 0 Å². The zero-order valence-corrected chi connectivity index (χ0v) is 15.7. The molecular weight excluding hydrogens is 328 g/mol. The van der Waals surface area contributed by atoms with Crippen molar-refractivity contribution in [3.63, 3.8) is 0 Å². The molecule has 0 aromatic heterocycles. The number of allylic oxidation sites excluding steroid dienone is 1. The van der Waals surface area contributed by atoms with Gasteiger partial charge in [0.05, 0.1) is 6.61 Å². The van der Waals surface area contributed by atoms with Crippen molar-refractivity contribution in [3.8, 4) is 28.7 Å². The average Bonchev–Trinajstić information content (AvgIpc) is 2.73. The van der Waals surface area contributed by atoms with Crippen molar-refractivity contribution in [1.29, 1.82) is 0 Å². The van der Waals surface area contributed by atoms with Crippen molar-refractivity contribution in [2.24, 2.45) is 0 Å². The predicted octanol–water partition coefficient (Wildman–Crippen LogP) is 6.27. The lowest BCUT2D eigenvalue weighted by Crippen LogP contribution is -1.90. The number of hydrogen-bond acceptors (Lipinski definition) is 1. The van der Waals surface area contributed by atoms with Crippen molar-refractivity contribution in [3.05, 3.63) is 102 Å². The monoisotopic (exact) mass is 352 g/mol. The predicted molar refractivity (Wildman–Crippen MR) is 114 cm³/mol. The van der Waals surface area contributed by atoms with Crippen LogP contribution in [0.1, 0.15) is 30.0 Å². The van der Waals surface area contributed by atoms with Gasteiger partial charge in [0.1, 0.15) is 5.75 Å². The molecule has 3 rings (SSSR count). The van der Waals surface area contributed by atoms with Crippen LogP contribution in [-0.4, -0.2) is 6.61 Å². The van der Waals surface area contributed by atoms with E-state index < -0.39 is 0 Å². The van der Waals surface area contributed by atoms with Gasteiger partial charge in [0, 0.05) is 11.1 Å². The van der Waals surface area contributed by atoms with Gasteiger partial charge in [0.15, 0.2) is 0 Å². The van der Waals surface area contributed by atoms with Gasteiger partial charge in [0.25, 0.3) is 0 Å². The van der Waals surface area contributed by atoms with Gasteiger partial charge in [0.2, 0.25) is 0 Å². The average molecular weight is 352 g/mol. The Kier molecular flexibility index (Phi) is 6.50. The summed E-state index contributed by atoms with van der Waals surface area (Å²) < 4.78 is 5.45. The summed E-state index contributed by atoms with van der Waals surface area (Å²) in [4.78, 5) is 0. The summed E-state index contributed by atoms with van der Waals surface area (Å²) in [6.45, 7) is 6.43. The Bertz CT molecular complexity index is 921. The Morgan fingerprint density at radius 1 is 0.778 bits per heavy atom. The van der Waals surface area contributed by atoms with Crippen LogP contribution in [0.3, 0.4) is 0 Å². The summed E-state index contributed by atoms with van der Waals surface area (Å²) in [7, 11) is 0. The Hall–Kier alpha value is -3.24. The van der Waals surface area contributed by atoms with E-state index in [4.69, 9.17) is 4.74 Å².